The van der Waals surface area contributed by atoms with E-state index < -0.39 is 5.60 Å². The van der Waals surface area contributed by atoms with Gasteiger partial charge in [-0.3, -0.25) is 0 Å². The first-order valence-electron chi connectivity index (χ1n) is 4.76. The normalized spacial score (nSPS) is 11.0. The second kappa shape index (κ2) is 8.17. The van der Waals surface area contributed by atoms with E-state index in [0.29, 0.717) is 0 Å². The van der Waals surface area contributed by atoms with E-state index >= 15 is 0 Å². The molecule has 0 radical (unpaired) electrons. The zero-order valence-electron chi connectivity index (χ0n) is 9.15. The third-order valence-corrected chi connectivity index (χ3v) is 1.88. The summed E-state index contributed by atoms with van der Waals surface area (Å²) in [6.45, 7) is 5.75. The van der Waals surface area contributed by atoms with E-state index in [1.165, 1.54) is 25.7 Å². The molecule has 0 saturated heterocycles. The van der Waals surface area contributed by atoms with Gasteiger partial charge in [-0.1, -0.05) is 59.3 Å². The predicted octanol–water partition coefficient (Wildman–Crippen LogP) is -0.510. The summed E-state index contributed by atoms with van der Waals surface area (Å²) >= 11 is 0. The van der Waals surface area contributed by atoms with E-state index in [2.05, 4.69) is 6.92 Å². The fourth-order valence-corrected chi connectivity index (χ4v) is 1.15. The molecule has 12 heavy (non-hydrogen) atoms. The van der Waals surface area contributed by atoms with Crippen LogP contribution >= 0.6 is 0 Å². The maximum absolute atomic E-state index is 11.1. The smallest absolute Gasteiger partial charge is 0.850 e. The Labute approximate surface area is 89.1 Å². The standard InChI is InChI=1S/C10H21O.Li/c1-4-5-6-7-8-9-10(2,3)11;/h4-9H2,1-3H3;/q-1;+1. The Morgan fingerprint density at radius 1 is 1.00 bits per heavy atom. The summed E-state index contributed by atoms with van der Waals surface area (Å²) in [5.74, 6) is 0. The number of rotatable bonds is 6. The minimum Gasteiger partial charge on any atom is -0.850 e. The van der Waals surface area contributed by atoms with Crippen molar-refractivity contribution in [3.63, 3.8) is 0 Å². The van der Waals surface area contributed by atoms with Crippen LogP contribution in [0.5, 0.6) is 0 Å². The molecule has 2 heteroatoms. The van der Waals surface area contributed by atoms with Gasteiger partial charge in [-0.25, -0.2) is 0 Å². The molecule has 0 saturated carbocycles. The van der Waals surface area contributed by atoms with Crippen molar-refractivity contribution in [1.29, 1.82) is 0 Å². The van der Waals surface area contributed by atoms with Crippen LogP contribution in [0, 0.1) is 0 Å². The molecule has 0 aromatic rings. The average Bonchev–Trinajstić information content (AvgIpc) is 1.85. The van der Waals surface area contributed by atoms with Crippen molar-refractivity contribution in [2.75, 3.05) is 0 Å². The summed E-state index contributed by atoms with van der Waals surface area (Å²) < 4.78 is 0. The van der Waals surface area contributed by atoms with Crippen LogP contribution in [0.2, 0.25) is 0 Å². The van der Waals surface area contributed by atoms with Gasteiger partial charge < -0.3 is 5.11 Å². The first kappa shape index (κ1) is 15.0. The summed E-state index contributed by atoms with van der Waals surface area (Å²) in [5.41, 5.74) is -0.702. The van der Waals surface area contributed by atoms with Crippen LogP contribution in [0.3, 0.4) is 0 Å². The van der Waals surface area contributed by atoms with Crippen LogP contribution in [0.4, 0.5) is 0 Å². The van der Waals surface area contributed by atoms with Crippen LogP contribution in [-0.4, -0.2) is 5.60 Å². The Balaban J connectivity index is 0. The average molecular weight is 164 g/mol. The van der Waals surface area contributed by atoms with Crippen LogP contribution < -0.4 is 24.0 Å². The van der Waals surface area contributed by atoms with E-state index in [0.717, 1.165) is 12.8 Å². The van der Waals surface area contributed by atoms with E-state index in [4.69, 9.17) is 0 Å². The molecule has 0 bridgehead atoms. The van der Waals surface area contributed by atoms with Crippen LogP contribution in [0.15, 0.2) is 0 Å². The van der Waals surface area contributed by atoms with Gasteiger partial charge in [-0.2, -0.15) is 0 Å². The minimum atomic E-state index is -0.702. The van der Waals surface area contributed by atoms with Gasteiger partial charge in [0.1, 0.15) is 0 Å². The van der Waals surface area contributed by atoms with Gasteiger partial charge in [0.15, 0.2) is 0 Å². The zero-order chi connectivity index (χ0) is 8.74. The quantitative estimate of drug-likeness (QED) is 0.383. The van der Waals surface area contributed by atoms with Crippen molar-refractivity contribution in [3.05, 3.63) is 0 Å². The van der Waals surface area contributed by atoms with Crippen LogP contribution in [0.25, 0.3) is 0 Å². The zero-order valence-corrected chi connectivity index (χ0v) is 9.15. The van der Waals surface area contributed by atoms with E-state index in [9.17, 15) is 5.11 Å². The van der Waals surface area contributed by atoms with Gasteiger partial charge in [0.2, 0.25) is 0 Å². The maximum atomic E-state index is 11.1. The Hall–Kier alpha value is 0.557. The third-order valence-electron chi connectivity index (χ3n) is 1.88. The largest absolute Gasteiger partial charge is 1.00 e. The predicted molar refractivity (Wildman–Crippen MR) is 47.5 cm³/mol. The fourth-order valence-electron chi connectivity index (χ4n) is 1.15. The Bertz CT molecular complexity index is 86.3. The van der Waals surface area contributed by atoms with Crippen molar-refractivity contribution >= 4 is 0 Å². The molecule has 0 amide bonds. The third kappa shape index (κ3) is 13.2. The molecule has 0 spiro atoms. The molecule has 0 aromatic heterocycles. The summed E-state index contributed by atoms with van der Waals surface area (Å²) in [6, 6.07) is 0. The molecule has 1 nitrogen and oxygen atoms in total. The molecule has 0 aliphatic carbocycles. The maximum Gasteiger partial charge on any atom is 1.00 e. The van der Waals surface area contributed by atoms with Crippen molar-refractivity contribution in [2.45, 2.75) is 64.9 Å². The second-order valence-electron chi connectivity index (χ2n) is 3.92. The van der Waals surface area contributed by atoms with Crippen molar-refractivity contribution in [3.8, 4) is 0 Å². The number of hydrogen-bond acceptors (Lipinski definition) is 1. The number of unbranched alkanes of at least 4 members (excludes halogenated alkanes) is 4. The fraction of sp³-hybridized carbons (Fsp3) is 1.00. The molecule has 0 aliphatic rings. The SMILES string of the molecule is CCCCCCCC(C)(C)[O-].[Li+]. The van der Waals surface area contributed by atoms with Crippen molar-refractivity contribution in [1.82, 2.24) is 0 Å². The Kier molecular flexibility index (Phi) is 10.2. The monoisotopic (exact) mass is 164 g/mol. The van der Waals surface area contributed by atoms with E-state index in [1.807, 2.05) is 0 Å². The number of hydrogen-bond donors (Lipinski definition) is 0. The Morgan fingerprint density at radius 2 is 1.50 bits per heavy atom. The van der Waals surface area contributed by atoms with Gasteiger partial charge >= 0.3 is 18.9 Å². The summed E-state index contributed by atoms with van der Waals surface area (Å²) in [7, 11) is 0. The van der Waals surface area contributed by atoms with Gasteiger partial charge in [-0.15, -0.1) is 5.60 Å². The topological polar surface area (TPSA) is 23.1 Å². The molecule has 0 unspecified atom stereocenters. The summed E-state index contributed by atoms with van der Waals surface area (Å²) in [4.78, 5) is 0. The molecule has 0 fully saturated rings. The first-order chi connectivity index (χ1) is 5.06. The van der Waals surface area contributed by atoms with Crippen LogP contribution in [-0.2, 0) is 0 Å². The molecular formula is C10H21LiO. The van der Waals surface area contributed by atoms with Crippen molar-refractivity contribution < 1.29 is 24.0 Å². The van der Waals surface area contributed by atoms with Gasteiger partial charge in [0.05, 0.1) is 0 Å². The molecule has 0 aliphatic heterocycles. The second-order valence-corrected chi connectivity index (χ2v) is 3.92. The van der Waals surface area contributed by atoms with Crippen molar-refractivity contribution in [2.24, 2.45) is 0 Å². The molecule has 0 atom stereocenters. The molecule has 0 rings (SSSR count). The first-order valence-corrected chi connectivity index (χ1v) is 4.76. The Morgan fingerprint density at radius 3 is 1.92 bits per heavy atom. The van der Waals surface area contributed by atoms with Gasteiger partial charge in [-0.05, 0) is 0 Å². The van der Waals surface area contributed by atoms with Gasteiger partial charge in [0, 0.05) is 0 Å². The van der Waals surface area contributed by atoms with E-state index in [1.54, 1.807) is 13.8 Å². The molecule has 68 valence electrons. The van der Waals surface area contributed by atoms with Crippen LogP contribution in [0.1, 0.15) is 59.3 Å². The molecule has 0 aromatic carbocycles. The van der Waals surface area contributed by atoms with E-state index in [-0.39, 0.29) is 18.9 Å². The summed E-state index contributed by atoms with van der Waals surface area (Å²) in [5, 5.41) is 11.1. The molecule has 0 heterocycles. The minimum absolute atomic E-state index is 0. The molecular weight excluding hydrogens is 143 g/mol. The van der Waals surface area contributed by atoms with Gasteiger partial charge in [0.25, 0.3) is 0 Å². The molecule has 0 N–H and O–H groups in total. The summed E-state index contributed by atoms with van der Waals surface area (Å²) in [6.07, 6.45) is 7.07.